The number of hydrogen-bond acceptors (Lipinski definition) is 12. The summed E-state index contributed by atoms with van der Waals surface area (Å²) in [5, 5.41) is 65.8. The number of rotatable bonds is 17. The SMILES string of the molecule is C#CCOCCOCCO[C@]1(C(=O)O)C[C@H](O)[C@@H](NC(=O)CO)[C@H]([C@H](O)[C@H](O)CNC(=O)Cc2ccc(Cl)c(O)c2)O1. The number of nitrogens with one attached hydrogen (secondary N) is 2. The average molecular weight is 619 g/mol. The molecule has 1 fully saturated rings. The molecule has 6 atom stereocenters. The Kier molecular flexibility index (Phi) is 14.4. The van der Waals surface area contributed by atoms with Crippen LogP contribution in [0, 0.1) is 12.3 Å². The minimum absolute atomic E-state index is 0.0911. The third-order valence-electron chi connectivity index (χ3n) is 6.10. The van der Waals surface area contributed by atoms with Gasteiger partial charge in [-0.05, 0) is 17.7 Å². The van der Waals surface area contributed by atoms with Crippen molar-refractivity contribution < 1.29 is 64.0 Å². The van der Waals surface area contributed by atoms with Crippen LogP contribution in [-0.4, -0.2) is 131 Å². The van der Waals surface area contributed by atoms with E-state index in [0.29, 0.717) is 5.56 Å². The van der Waals surface area contributed by atoms with Gasteiger partial charge < -0.3 is 60.2 Å². The van der Waals surface area contributed by atoms with Gasteiger partial charge in [-0.15, -0.1) is 6.42 Å². The van der Waals surface area contributed by atoms with Crippen molar-refractivity contribution in [2.24, 2.45) is 0 Å². The number of amides is 2. The number of halogens is 1. The summed E-state index contributed by atoms with van der Waals surface area (Å²) >= 11 is 5.75. The predicted octanol–water partition coefficient (Wildman–Crippen LogP) is -2.48. The van der Waals surface area contributed by atoms with Crippen LogP contribution in [-0.2, 0) is 39.8 Å². The topological polar surface area (TPSA) is 234 Å². The number of aliphatic hydroxyl groups is 4. The highest BCUT2D eigenvalue weighted by atomic mass is 35.5. The summed E-state index contributed by atoms with van der Waals surface area (Å²) in [7, 11) is 0. The highest BCUT2D eigenvalue weighted by Gasteiger charge is 2.55. The predicted molar refractivity (Wildman–Crippen MR) is 143 cm³/mol. The van der Waals surface area contributed by atoms with Crippen molar-refractivity contribution in [3.05, 3.63) is 28.8 Å². The van der Waals surface area contributed by atoms with Crippen LogP contribution >= 0.6 is 11.6 Å². The lowest BCUT2D eigenvalue weighted by molar-refractivity contribution is -0.312. The number of aliphatic hydroxyl groups excluding tert-OH is 4. The number of aromatic hydroxyl groups is 1. The van der Waals surface area contributed by atoms with Crippen molar-refractivity contribution >= 4 is 29.4 Å². The van der Waals surface area contributed by atoms with Crippen molar-refractivity contribution in [1.82, 2.24) is 10.6 Å². The number of ether oxygens (including phenoxy) is 4. The third-order valence-corrected chi connectivity index (χ3v) is 6.42. The standard InChI is InChI=1S/C26H35ClN2O13/c1-2-5-39-6-7-40-8-9-41-26(25(37)38)12-18(32)22(29-21(35)14-30)24(42-26)23(36)19(33)13-28-20(34)11-15-3-4-16(27)17(31)10-15/h1,3-4,10,18-19,22-24,30-33,36H,5-9,11-14H2,(H,28,34)(H,29,35)(H,37,38)/t18-,19+,22+,23+,24+,26+/m0/s1. The van der Waals surface area contributed by atoms with Crippen molar-refractivity contribution in [1.29, 1.82) is 0 Å². The van der Waals surface area contributed by atoms with Gasteiger partial charge in [0.2, 0.25) is 11.8 Å². The van der Waals surface area contributed by atoms with E-state index in [9.17, 15) is 39.9 Å². The van der Waals surface area contributed by atoms with Crippen molar-refractivity contribution in [2.45, 2.75) is 49.1 Å². The Balaban J connectivity index is 2.09. The molecule has 0 bridgehead atoms. The van der Waals surface area contributed by atoms with Crippen LogP contribution in [0.25, 0.3) is 0 Å². The Morgan fingerprint density at radius 2 is 1.86 bits per heavy atom. The molecular formula is C26H35ClN2O13. The molecule has 42 heavy (non-hydrogen) atoms. The van der Waals surface area contributed by atoms with E-state index < -0.39 is 73.6 Å². The first-order chi connectivity index (χ1) is 19.9. The summed E-state index contributed by atoms with van der Waals surface area (Å²) in [5.74, 6) is -3.72. The third kappa shape index (κ3) is 10.3. The molecule has 0 saturated carbocycles. The molecule has 2 rings (SSSR count). The monoisotopic (exact) mass is 618 g/mol. The van der Waals surface area contributed by atoms with Gasteiger partial charge in [0.1, 0.15) is 31.2 Å². The second-order valence-corrected chi connectivity index (χ2v) is 9.61. The second-order valence-electron chi connectivity index (χ2n) is 9.21. The molecule has 1 heterocycles. The van der Waals surface area contributed by atoms with Crippen LogP contribution in [0.2, 0.25) is 5.02 Å². The summed E-state index contributed by atoms with van der Waals surface area (Å²) in [6, 6.07) is 2.69. The van der Waals surface area contributed by atoms with Gasteiger partial charge in [0.25, 0.3) is 5.79 Å². The average Bonchev–Trinajstić information content (AvgIpc) is 2.95. The van der Waals surface area contributed by atoms with E-state index in [2.05, 4.69) is 16.6 Å². The maximum atomic E-state index is 12.3. The molecule has 0 spiro atoms. The van der Waals surface area contributed by atoms with E-state index >= 15 is 0 Å². The second kappa shape index (κ2) is 17.2. The minimum atomic E-state index is -2.52. The zero-order valence-corrected chi connectivity index (χ0v) is 23.2. The lowest BCUT2D eigenvalue weighted by Crippen LogP contribution is -2.68. The quantitative estimate of drug-likeness (QED) is 0.0668. The number of phenolic OH excluding ortho intramolecular Hbond substituents is 1. The molecule has 1 aliphatic rings. The molecule has 234 valence electrons. The van der Waals surface area contributed by atoms with Crippen LogP contribution in [0.3, 0.4) is 0 Å². The van der Waals surface area contributed by atoms with Gasteiger partial charge in [0.05, 0.1) is 56.1 Å². The largest absolute Gasteiger partial charge is 0.506 e. The Bertz CT molecular complexity index is 1100. The number of carboxylic acids is 1. The fourth-order valence-corrected chi connectivity index (χ4v) is 4.16. The highest BCUT2D eigenvalue weighted by Crippen LogP contribution is 2.33. The lowest BCUT2D eigenvalue weighted by atomic mass is 9.88. The van der Waals surface area contributed by atoms with Gasteiger partial charge >= 0.3 is 5.97 Å². The van der Waals surface area contributed by atoms with Crippen molar-refractivity contribution in [3.8, 4) is 18.1 Å². The zero-order valence-electron chi connectivity index (χ0n) is 22.5. The Labute approximate surface area is 246 Å². The molecular weight excluding hydrogens is 584 g/mol. The van der Waals surface area contributed by atoms with Gasteiger partial charge in [-0.25, -0.2) is 4.79 Å². The lowest BCUT2D eigenvalue weighted by Gasteiger charge is -2.46. The van der Waals surface area contributed by atoms with Gasteiger partial charge in [0.15, 0.2) is 0 Å². The van der Waals surface area contributed by atoms with Crippen molar-refractivity contribution in [3.63, 3.8) is 0 Å². The number of carbonyl (C=O) groups excluding carboxylic acids is 2. The molecule has 1 saturated heterocycles. The molecule has 15 nitrogen and oxygen atoms in total. The molecule has 0 aromatic heterocycles. The van der Waals surface area contributed by atoms with Gasteiger partial charge in [-0.2, -0.15) is 0 Å². The number of aliphatic carboxylic acids is 1. The summed E-state index contributed by atoms with van der Waals surface area (Å²) < 4.78 is 21.3. The Morgan fingerprint density at radius 3 is 2.50 bits per heavy atom. The Hall–Kier alpha value is -3.04. The van der Waals surface area contributed by atoms with E-state index in [4.69, 9.17) is 42.1 Å². The van der Waals surface area contributed by atoms with Crippen LogP contribution in [0.1, 0.15) is 12.0 Å². The molecule has 0 radical (unpaired) electrons. The van der Waals surface area contributed by atoms with Gasteiger partial charge in [-0.1, -0.05) is 23.6 Å². The maximum Gasteiger partial charge on any atom is 0.364 e. The van der Waals surface area contributed by atoms with E-state index in [1.807, 2.05) is 0 Å². The van der Waals surface area contributed by atoms with Crippen molar-refractivity contribution in [2.75, 3.05) is 46.2 Å². The number of carboxylic acid groups (broad SMARTS) is 1. The van der Waals surface area contributed by atoms with Crippen LogP contribution in [0.15, 0.2) is 18.2 Å². The number of phenols is 1. The molecule has 0 aliphatic carbocycles. The highest BCUT2D eigenvalue weighted by molar-refractivity contribution is 6.32. The van der Waals surface area contributed by atoms with Gasteiger partial charge in [-0.3, -0.25) is 9.59 Å². The number of terminal acetylenes is 1. The number of hydrogen-bond donors (Lipinski definition) is 8. The molecule has 1 aromatic carbocycles. The fourth-order valence-electron chi connectivity index (χ4n) is 4.04. The summed E-state index contributed by atoms with van der Waals surface area (Å²) in [4.78, 5) is 36.5. The maximum absolute atomic E-state index is 12.3. The first-order valence-electron chi connectivity index (χ1n) is 12.8. The number of benzene rings is 1. The van der Waals surface area contributed by atoms with Crippen LogP contribution in [0.5, 0.6) is 5.75 Å². The van der Waals surface area contributed by atoms with Gasteiger partial charge in [0, 0.05) is 13.0 Å². The van der Waals surface area contributed by atoms with Crippen LogP contribution in [0.4, 0.5) is 0 Å². The first-order valence-corrected chi connectivity index (χ1v) is 13.1. The zero-order chi connectivity index (χ0) is 31.3. The van der Waals surface area contributed by atoms with Crippen LogP contribution < -0.4 is 10.6 Å². The van der Waals surface area contributed by atoms with E-state index in [1.54, 1.807) is 0 Å². The Morgan fingerprint density at radius 1 is 1.17 bits per heavy atom. The smallest absolute Gasteiger partial charge is 0.364 e. The normalized spacial score (nSPS) is 23.4. The summed E-state index contributed by atoms with van der Waals surface area (Å²) in [6.07, 6.45) is -3.06. The molecule has 2 amide bonds. The van der Waals surface area contributed by atoms with E-state index in [-0.39, 0.29) is 50.2 Å². The fraction of sp³-hybridized carbons (Fsp3) is 0.577. The number of carbonyl (C=O) groups is 3. The van der Waals surface area contributed by atoms with E-state index in [0.717, 1.165) is 0 Å². The summed E-state index contributed by atoms with van der Waals surface area (Å²) in [5.41, 5.74) is 0.405. The molecule has 8 N–H and O–H groups in total. The van der Waals surface area contributed by atoms with E-state index in [1.165, 1.54) is 18.2 Å². The molecule has 0 unspecified atom stereocenters. The molecule has 1 aliphatic heterocycles. The molecule has 16 heteroatoms. The first kappa shape index (κ1) is 35.2. The minimum Gasteiger partial charge on any atom is -0.506 e. The molecule has 1 aromatic rings. The summed E-state index contributed by atoms with van der Waals surface area (Å²) in [6.45, 7) is -1.58.